The highest BCUT2D eigenvalue weighted by Crippen LogP contribution is 2.25. The van der Waals surface area contributed by atoms with Crippen molar-refractivity contribution in [3.8, 4) is 0 Å². The van der Waals surface area contributed by atoms with Crippen LogP contribution in [0.5, 0.6) is 0 Å². The van der Waals surface area contributed by atoms with E-state index in [1.807, 2.05) is 10.8 Å². The summed E-state index contributed by atoms with van der Waals surface area (Å²) in [5.41, 5.74) is 2.94. The largest absolute Gasteiger partial charge is 0.343 e. The van der Waals surface area contributed by atoms with E-state index in [4.69, 9.17) is 11.6 Å². The Hall–Kier alpha value is -1.80. The van der Waals surface area contributed by atoms with E-state index >= 15 is 0 Å². The Kier molecular flexibility index (Phi) is 3.73. The molecule has 0 amide bonds. The third kappa shape index (κ3) is 2.68. The summed E-state index contributed by atoms with van der Waals surface area (Å²) in [7, 11) is 0. The first kappa shape index (κ1) is 14.2. The second-order valence-corrected chi connectivity index (χ2v) is 6.02. The van der Waals surface area contributed by atoms with Crippen molar-refractivity contribution in [2.24, 2.45) is 0 Å². The fraction of sp³-hybridized carbons (Fsp3) is 0.222. The molecule has 0 atom stereocenters. The van der Waals surface area contributed by atoms with Gasteiger partial charge in [0.15, 0.2) is 0 Å². The van der Waals surface area contributed by atoms with Gasteiger partial charge in [-0.1, -0.05) is 37.6 Å². The van der Waals surface area contributed by atoms with Crippen LogP contribution in [0.2, 0.25) is 5.02 Å². The second-order valence-electron chi connectivity index (χ2n) is 5.62. The third-order valence-corrected chi connectivity index (χ3v) is 4.21. The van der Waals surface area contributed by atoms with Crippen LogP contribution in [0.15, 0.2) is 48.7 Å². The number of hydrogen-bond acceptors (Lipinski definition) is 0. The third-order valence-electron chi connectivity index (χ3n) is 3.85. The molecule has 0 aliphatic heterocycles. The van der Waals surface area contributed by atoms with Crippen LogP contribution < -0.4 is 0 Å². The van der Waals surface area contributed by atoms with Crippen LogP contribution >= 0.6 is 11.6 Å². The van der Waals surface area contributed by atoms with Crippen LogP contribution in [-0.2, 0) is 6.54 Å². The quantitative estimate of drug-likeness (QED) is 0.593. The number of fused-ring (bicyclic) bond motifs is 1. The zero-order chi connectivity index (χ0) is 15.0. The van der Waals surface area contributed by atoms with Crippen molar-refractivity contribution in [1.82, 2.24) is 4.57 Å². The maximum Gasteiger partial charge on any atom is 0.129 e. The van der Waals surface area contributed by atoms with E-state index in [9.17, 15) is 4.39 Å². The van der Waals surface area contributed by atoms with Gasteiger partial charge in [0.1, 0.15) is 5.82 Å². The predicted molar refractivity (Wildman–Crippen MR) is 86.5 cm³/mol. The number of halogens is 2. The predicted octanol–water partition coefficient (Wildman–Crippen LogP) is 5.61. The molecular weight excluding hydrogens is 285 g/mol. The van der Waals surface area contributed by atoms with Gasteiger partial charge in [-0.25, -0.2) is 4.39 Å². The molecule has 2 aromatic carbocycles. The van der Waals surface area contributed by atoms with Crippen LogP contribution in [0, 0.1) is 5.82 Å². The summed E-state index contributed by atoms with van der Waals surface area (Å²) >= 11 is 6.11. The maximum absolute atomic E-state index is 13.9. The van der Waals surface area contributed by atoms with Crippen molar-refractivity contribution in [3.05, 3.63) is 70.6 Å². The molecule has 0 aliphatic carbocycles. The molecule has 1 aromatic heterocycles. The van der Waals surface area contributed by atoms with Crippen molar-refractivity contribution in [3.63, 3.8) is 0 Å². The molecule has 0 spiro atoms. The summed E-state index contributed by atoms with van der Waals surface area (Å²) in [6.07, 6.45) is 1.98. The lowest BCUT2D eigenvalue weighted by Crippen LogP contribution is -2.01. The SMILES string of the molecule is CC(C)c1ccc2c(ccn2Cc2c(F)cccc2Cl)c1. The number of nitrogens with zero attached hydrogens (tertiary/aromatic N) is 1. The van der Waals surface area contributed by atoms with E-state index in [2.05, 4.69) is 38.1 Å². The lowest BCUT2D eigenvalue weighted by Gasteiger charge is -2.10. The Labute approximate surface area is 129 Å². The Balaban J connectivity index is 2.02. The van der Waals surface area contributed by atoms with Gasteiger partial charge in [0, 0.05) is 22.3 Å². The summed E-state index contributed by atoms with van der Waals surface area (Å²) in [4.78, 5) is 0. The molecule has 0 saturated heterocycles. The summed E-state index contributed by atoms with van der Waals surface area (Å²) in [5, 5.41) is 1.64. The number of benzene rings is 2. The molecule has 108 valence electrons. The fourth-order valence-electron chi connectivity index (χ4n) is 2.57. The molecule has 21 heavy (non-hydrogen) atoms. The average Bonchev–Trinajstić information content (AvgIpc) is 2.85. The van der Waals surface area contributed by atoms with Crippen LogP contribution in [0.4, 0.5) is 4.39 Å². The van der Waals surface area contributed by atoms with Gasteiger partial charge in [-0.05, 0) is 47.2 Å². The number of rotatable bonds is 3. The minimum Gasteiger partial charge on any atom is -0.343 e. The molecule has 0 N–H and O–H groups in total. The van der Waals surface area contributed by atoms with E-state index in [1.165, 1.54) is 17.0 Å². The topological polar surface area (TPSA) is 4.93 Å². The van der Waals surface area contributed by atoms with E-state index in [-0.39, 0.29) is 5.82 Å². The van der Waals surface area contributed by atoms with E-state index in [1.54, 1.807) is 12.1 Å². The second kappa shape index (κ2) is 5.53. The first-order valence-corrected chi connectivity index (χ1v) is 7.45. The average molecular weight is 302 g/mol. The van der Waals surface area contributed by atoms with Gasteiger partial charge in [-0.2, -0.15) is 0 Å². The van der Waals surface area contributed by atoms with Crippen LogP contribution in [-0.4, -0.2) is 4.57 Å². The highest BCUT2D eigenvalue weighted by molar-refractivity contribution is 6.31. The van der Waals surface area contributed by atoms with Gasteiger partial charge in [0.05, 0.1) is 6.54 Å². The van der Waals surface area contributed by atoms with E-state index in [0.29, 0.717) is 23.0 Å². The maximum atomic E-state index is 13.9. The fourth-order valence-corrected chi connectivity index (χ4v) is 2.79. The monoisotopic (exact) mass is 301 g/mol. The normalized spacial score (nSPS) is 11.5. The van der Waals surface area contributed by atoms with Crippen molar-refractivity contribution in [2.75, 3.05) is 0 Å². The molecule has 3 rings (SSSR count). The van der Waals surface area contributed by atoms with Gasteiger partial charge in [-0.15, -0.1) is 0 Å². The summed E-state index contributed by atoms with van der Waals surface area (Å²) < 4.78 is 15.9. The van der Waals surface area contributed by atoms with Crippen LogP contribution in [0.25, 0.3) is 10.9 Å². The molecule has 0 aliphatic rings. The Morgan fingerprint density at radius 3 is 2.67 bits per heavy atom. The molecule has 1 nitrogen and oxygen atoms in total. The molecule has 0 bridgehead atoms. The Bertz CT molecular complexity index is 769. The Morgan fingerprint density at radius 1 is 1.14 bits per heavy atom. The lowest BCUT2D eigenvalue weighted by molar-refractivity contribution is 0.602. The molecule has 0 fully saturated rings. The van der Waals surface area contributed by atoms with Gasteiger partial charge < -0.3 is 4.57 Å². The van der Waals surface area contributed by atoms with E-state index < -0.39 is 0 Å². The van der Waals surface area contributed by atoms with Gasteiger partial charge in [0.25, 0.3) is 0 Å². The standard InChI is InChI=1S/C18H17ClFN/c1-12(2)13-6-7-18-14(10-13)8-9-21(18)11-15-16(19)4-3-5-17(15)20/h3-10,12H,11H2,1-2H3. The van der Waals surface area contributed by atoms with Gasteiger partial charge in [0.2, 0.25) is 0 Å². The zero-order valence-electron chi connectivity index (χ0n) is 12.1. The van der Waals surface area contributed by atoms with Crippen molar-refractivity contribution >= 4 is 22.5 Å². The van der Waals surface area contributed by atoms with Gasteiger partial charge in [-0.3, -0.25) is 0 Å². The Morgan fingerprint density at radius 2 is 1.95 bits per heavy atom. The molecule has 1 heterocycles. The highest BCUT2D eigenvalue weighted by Gasteiger charge is 2.10. The molecule has 3 aromatic rings. The van der Waals surface area contributed by atoms with Crippen molar-refractivity contribution in [2.45, 2.75) is 26.3 Å². The van der Waals surface area contributed by atoms with Gasteiger partial charge >= 0.3 is 0 Å². The zero-order valence-corrected chi connectivity index (χ0v) is 12.9. The molecule has 3 heteroatoms. The smallest absolute Gasteiger partial charge is 0.129 e. The summed E-state index contributed by atoms with van der Waals surface area (Å²) in [5.74, 6) is 0.238. The first-order valence-electron chi connectivity index (χ1n) is 7.08. The molecule has 0 unspecified atom stereocenters. The molecule has 0 radical (unpaired) electrons. The highest BCUT2D eigenvalue weighted by atomic mass is 35.5. The number of aromatic nitrogens is 1. The molecular formula is C18H17ClFN. The van der Waals surface area contributed by atoms with Crippen LogP contribution in [0.1, 0.15) is 30.9 Å². The van der Waals surface area contributed by atoms with Crippen molar-refractivity contribution < 1.29 is 4.39 Å². The van der Waals surface area contributed by atoms with Crippen molar-refractivity contribution in [1.29, 1.82) is 0 Å². The minimum atomic E-state index is -0.261. The minimum absolute atomic E-state index is 0.261. The summed E-state index contributed by atoms with van der Waals surface area (Å²) in [6.45, 7) is 4.80. The first-order chi connectivity index (χ1) is 10.1. The molecule has 0 saturated carbocycles. The van der Waals surface area contributed by atoms with Crippen LogP contribution in [0.3, 0.4) is 0 Å². The van der Waals surface area contributed by atoms with E-state index in [0.717, 1.165) is 5.52 Å². The lowest BCUT2D eigenvalue weighted by atomic mass is 10.0. The number of hydrogen-bond donors (Lipinski definition) is 0. The summed E-state index contributed by atoms with van der Waals surface area (Å²) in [6, 6.07) is 13.3.